The topological polar surface area (TPSA) is 34.9 Å². The van der Waals surface area contributed by atoms with Gasteiger partial charge in [-0.1, -0.05) is 48.0 Å². The third-order valence-corrected chi connectivity index (χ3v) is 5.05. The van der Waals surface area contributed by atoms with Gasteiger partial charge < -0.3 is 0 Å². The summed E-state index contributed by atoms with van der Waals surface area (Å²) in [4.78, 5) is 13.1. The van der Waals surface area contributed by atoms with Crippen LogP contribution in [0.25, 0.3) is 5.69 Å². The standard InChI is InChI=1S/C20H17ClN2O/c1-13-19-18(22-23(13)14-7-3-2-4-8-14)12-11-16(20(19)24)15-9-5-6-10-17(15)21/h2-10,16H,11-12H2,1H3. The Hall–Kier alpha value is -2.39. The fourth-order valence-corrected chi connectivity index (χ4v) is 3.78. The average molecular weight is 337 g/mol. The van der Waals surface area contributed by atoms with Gasteiger partial charge in [-0.3, -0.25) is 4.79 Å². The summed E-state index contributed by atoms with van der Waals surface area (Å²) in [5.41, 5.74) is 4.45. The van der Waals surface area contributed by atoms with Crippen LogP contribution in [0.4, 0.5) is 0 Å². The van der Waals surface area contributed by atoms with Crippen molar-refractivity contribution in [2.45, 2.75) is 25.7 Å². The molecule has 120 valence electrons. The summed E-state index contributed by atoms with van der Waals surface area (Å²) in [6.45, 7) is 1.96. The van der Waals surface area contributed by atoms with Gasteiger partial charge in [-0.05, 0) is 43.5 Å². The van der Waals surface area contributed by atoms with E-state index in [1.807, 2.05) is 66.2 Å². The van der Waals surface area contributed by atoms with Gasteiger partial charge in [0.25, 0.3) is 0 Å². The van der Waals surface area contributed by atoms with Crippen LogP contribution in [-0.2, 0) is 6.42 Å². The lowest BCUT2D eigenvalue weighted by Gasteiger charge is -2.21. The van der Waals surface area contributed by atoms with Crippen molar-refractivity contribution in [3.63, 3.8) is 0 Å². The molecule has 1 atom stereocenters. The lowest BCUT2D eigenvalue weighted by molar-refractivity contribution is 0.0945. The third kappa shape index (κ3) is 2.36. The Labute approximate surface area is 145 Å². The highest BCUT2D eigenvalue weighted by molar-refractivity contribution is 6.31. The van der Waals surface area contributed by atoms with E-state index in [0.29, 0.717) is 5.02 Å². The van der Waals surface area contributed by atoms with Gasteiger partial charge in [0.2, 0.25) is 0 Å². The van der Waals surface area contributed by atoms with Crippen LogP contribution < -0.4 is 0 Å². The Kier molecular flexibility index (Phi) is 3.73. The fourth-order valence-electron chi connectivity index (χ4n) is 3.52. The van der Waals surface area contributed by atoms with Crippen molar-refractivity contribution in [2.24, 2.45) is 0 Å². The highest BCUT2D eigenvalue weighted by Gasteiger charge is 2.34. The lowest BCUT2D eigenvalue weighted by atomic mass is 9.81. The number of halogens is 1. The highest BCUT2D eigenvalue weighted by Crippen LogP contribution is 2.37. The van der Waals surface area contributed by atoms with E-state index in [-0.39, 0.29) is 11.7 Å². The van der Waals surface area contributed by atoms with Crippen molar-refractivity contribution in [1.29, 1.82) is 0 Å². The zero-order valence-electron chi connectivity index (χ0n) is 13.4. The minimum atomic E-state index is -0.182. The van der Waals surface area contributed by atoms with Gasteiger partial charge in [-0.15, -0.1) is 0 Å². The minimum Gasteiger partial charge on any atom is -0.293 e. The molecule has 3 aromatic rings. The molecule has 24 heavy (non-hydrogen) atoms. The van der Waals surface area contributed by atoms with Gasteiger partial charge in [0.05, 0.1) is 22.6 Å². The molecule has 0 spiro atoms. The van der Waals surface area contributed by atoms with Crippen LogP contribution in [0.3, 0.4) is 0 Å². The maximum atomic E-state index is 13.1. The molecule has 1 heterocycles. The SMILES string of the molecule is Cc1c2c(nn1-c1ccccc1)CCC(c1ccccc1Cl)C2=O. The summed E-state index contributed by atoms with van der Waals surface area (Å²) in [5.74, 6) is -0.0534. The number of Topliss-reactive ketones (excluding diaryl/α,β-unsaturated/α-hetero) is 1. The molecule has 0 N–H and O–H groups in total. The van der Waals surface area contributed by atoms with Gasteiger partial charge in [-0.25, -0.2) is 4.68 Å². The normalized spacial score (nSPS) is 16.9. The van der Waals surface area contributed by atoms with Gasteiger partial charge >= 0.3 is 0 Å². The average Bonchev–Trinajstić information content (AvgIpc) is 2.95. The van der Waals surface area contributed by atoms with Gasteiger partial charge in [0.15, 0.2) is 5.78 Å². The predicted octanol–water partition coefficient (Wildman–Crippen LogP) is 4.75. The number of carbonyl (C=O) groups excluding carboxylic acids is 1. The van der Waals surface area contributed by atoms with E-state index in [4.69, 9.17) is 11.6 Å². The molecule has 3 nitrogen and oxygen atoms in total. The smallest absolute Gasteiger partial charge is 0.174 e. The molecular formula is C20H17ClN2O. The number of benzene rings is 2. The van der Waals surface area contributed by atoms with Gasteiger partial charge in [0.1, 0.15) is 0 Å². The number of rotatable bonds is 2. The van der Waals surface area contributed by atoms with Crippen molar-refractivity contribution in [1.82, 2.24) is 9.78 Å². The summed E-state index contributed by atoms with van der Waals surface area (Å²) in [6.07, 6.45) is 1.54. The molecule has 0 bridgehead atoms. The number of ketones is 1. The molecule has 0 amide bonds. The molecular weight excluding hydrogens is 320 g/mol. The molecule has 1 aromatic heterocycles. The molecule has 4 heteroatoms. The first-order valence-corrected chi connectivity index (χ1v) is 8.47. The Bertz CT molecular complexity index is 915. The molecule has 1 unspecified atom stereocenters. The predicted molar refractivity (Wildman–Crippen MR) is 95.1 cm³/mol. The van der Waals surface area contributed by atoms with E-state index in [2.05, 4.69) is 5.10 Å². The van der Waals surface area contributed by atoms with E-state index >= 15 is 0 Å². The van der Waals surface area contributed by atoms with Gasteiger partial charge in [-0.2, -0.15) is 5.10 Å². The number of aromatic nitrogens is 2. The van der Waals surface area contributed by atoms with Crippen LogP contribution in [0, 0.1) is 6.92 Å². The van der Waals surface area contributed by atoms with E-state index in [1.165, 1.54) is 0 Å². The molecule has 0 saturated heterocycles. The van der Waals surface area contributed by atoms with Crippen LogP contribution in [0.5, 0.6) is 0 Å². The molecule has 0 saturated carbocycles. The Morgan fingerprint density at radius 3 is 2.54 bits per heavy atom. The highest BCUT2D eigenvalue weighted by atomic mass is 35.5. The second kappa shape index (κ2) is 5.91. The Balaban J connectivity index is 1.79. The van der Waals surface area contributed by atoms with Crippen molar-refractivity contribution in [3.05, 3.63) is 82.1 Å². The molecule has 0 aliphatic heterocycles. The molecule has 0 radical (unpaired) electrons. The zero-order chi connectivity index (χ0) is 16.7. The van der Waals surface area contributed by atoms with Crippen LogP contribution >= 0.6 is 11.6 Å². The first-order valence-electron chi connectivity index (χ1n) is 8.09. The number of carbonyl (C=O) groups is 1. The van der Waals surface area contributed by atoms with Crippen LogP contribution in [-0.4, -0.2) is 15.6 Å². The zero-order valence-corrected chi connectivity index (χ0v) is 14.1. The molecule has 2 aromatic carbocycles. The van der Waals surface area contributed by atoms with E-state index in [9.17, 15) is 4.79 Å². The van der Waals surface area contributed by atoms with Crippen molar-refractivity contribution < 1.29 is 4.79 Å². The summed E-state index contributed by atoms with van der Waals surface area (Å²) >= 11 is 6.32. The molecule has 4 rings (SSSR count). The van der Waals surface area contributed by atoms with Crippen molar-refractivity contribution in [3.8, 4) is 5.69 Å². The second-order valence-electron chi connectivity index (χ2n) is 6.13. The third-order valence-electron chi connectivity index (χ3n) is 4.70. The number of nitrogens with zero attached hydrogens (tertiary/aromatic N) is 2. The maximum absolute atomic E-state index is 13.1. The van der Waals surface area contributed by atoms with Gasteiger partial charge in [0, 0.05) is 10.9 Å². The lowest BCUT2D eigenvalue weighted by Crippen LogP contribution is -2.21. The summed E-state index contributed by atoms with van der Waals surface area (Å²) in [7, 11) is 0. The minimum absolute atomic E-state index is 0.129. The van der Waals surface area contributed by atoms with Crippen molar-refractivity contribution >= 4 is 17.4 Å². The largest absolute Gasteiger partial charge is 0.293 e. The van der Waals surface area contributed by atoms with Crippen LogP contribution in [0.1, 0.15) is 39.6 Å². The summed E-state index contributed by atoms with van der Waals surface area (Å²) in [6, 6.07) is 17.6. The first-order chi connectivity index (χ1) is 11.7. The number of hydrogen-bond donors (Lipinski definition) is 0. The molecule has 1 aliphatic carbocycles. The maximum Gasteiger partial charge on any atom is 0.174 e. The summed E-state index contributed by atoms with van der Waals surface area (Å²) < 4.78 is 1.87. The number of hydrogen-bond acceptors (Lipinski definition) is 2. The van der Waals surface area contributed by atoms with E-state index in [0.717, 1.165) is 41.0 Å². The number of para-hydroxylation sites is 1. The Morgan fingerprint density at radius 1 is 1.08 bits per heavy atom. The molecule has 0 fully saturated rings. The van der Waals surface area contributed by atoms with Crippen molar-refractivity contribution in [2.75, 3.05) is 0 Å². The Morgan fingerprint density at radius 2 is 1.79 bits per heavy atom. The van der Waals surface area contributed by atoms with E-state index in [1.54, 1.807) is 0 Å². The number of aryl methyl sites for hydroxylation is 1. The first kappa shape index (κ1) is 15.2. The second-order valence-corrected chi connectivity index (χ2v) is 6.54. The monoisotopic (exact) mass is 336 g/mol. The molecule has 1 aliphatic rings. The van der Waals surface area contributed by atoms with E-state index < -0.39 is 0 Å². The number of fused-ring (bicyclic) bond motifs is 1. The fraction of sp³-hybridized carbons (Fsp3) is 0.200. The van der Waals surface area contributed by atoms with Crippen LogP contribution in [0.15, 0.2) is 54.6 Å². The summed E-state index contributed by atoms with van der Waals surface area (Å²) in [5, 5.41) is 5.34. The quantitative estimate of drug-likeness (QED) is 0.677. The van der Waals surface area contributed by atoms with Crippen LogP contribution in [0.2, 0.25) is 5.02 Å².